The summed E-state index contributed by atoms with van der Waals surface area (Å²) in [4.78, 5) is 4.76. The molecule has 0 aromatic heterocycles. The molecule has 1 aromatic carbocycles. The summed E-state index contributed by atoms with van der Waals surface area (Å²) < 4.78 is 11.1. The highest BCUT2D eigenvalue weighted by Crippen LogP contribution is 2.39. The number of nitrogens with two attached hydrogens (primary N) is 1. The van der Waals surface area contributed by atoms with Gasteiger partial charge in [0.05, 0.1) is 18.2 Å². The number of fused-ring (bicyclic) bond motifs is 1. The Morgan fingerprint density at radius 1 is 1.38 bits per heavy atom. The summed E-state index contributed by atoms with van der Waals surface area (Å²) in [5, 5.41) is 0.526. The van der Waals surface area contributed by atoms with Crippen LogP contribution in [0.2, 0.25) is 5.02 Å². The molecule has 0 amide bonds. The largest absolute Gasteiger partial charge is 0.489 e. The first-order valence-corrected chi connectivity index (χ1v) is 5.54. The van der Waals surface area contributed by atoms with Gasteiger partial charge in [0.1, 0.15) is 6.10 Å². The molecule has 4 nitrogen and oxygen atoms in total. The van der Waals surface area contributed by atoms with Gasteiger partial charge in [-0.3, -0.25) is 4.84 Å². The van der Waals surface area contributed by atoms with E-state index in [-0.39, 0.29) is 6.10 Å². The zero-order valence-corrected chi connectivity index (χ0v) is 9.79. The summed E-state index contributed by atoms with van der Waals surface area (Å²) in [7, 11) is 0. The molecule has 1 heterocycles. The van der Waals surface area contributed by atoms with E-state index in [9.17, 15) is 0 Å². The Balaban J connectivity index is 2.39. The van der Waals surface area contributed by atoms with Crippen LogP contribution in [0.25, 0.3) is 0 Å². The summed E-state index contributed by atoms with van der Waals surface area (Å²) in [5.41, 5.74) is 0.872. The highest BCUT2D eigenvalue weighted by molar-refractivity contribution is 6.32. The van der Waals surface area contributed by atoms with Crippen LogP contribution in [0.15, 0.2) is 12.1 Å². The summed E-state index contributed by atoms with van der Waals surface area (Å²) >= 11 is 6.12. The fourth-order valence-corrected chi connectivity index (χ4v) is 1.84. The van der Waals surface area contributed by atoms with Gasteiger partial charge in [0.15, 0.2) is 11.5 Å². The van der Waals surface area contributed by atoms with Crippen molar-refractivity contribution in [1.29, 1.82) is 0 Å². The molecular weight excluding hydrogens is 230 g/mol. The SMILES string of the molecule is CC(ON)c1cc(Cl)c2c(c1)OCCCO2. The minimum atomic E-state index is -0.227. The van der Waals surface area contributed by atoms with Crippen LogP contribution in [0, 0.1) is 0 Å². The first-order chi connectivity index (χ1) is 7.72. The molecule has 5 heteroatoms. The minimum absolute atomic E-state index is 0.227. The maximum absolute atomic E-state index is 6.12. The van der Waals surface area contributed by atoms with E-state index in [4.69, 9.17) is 31.8 Å². The highest BCUT2D eigenvalue weighted by Gasteiger charge is 2.17. The van der Waals surface area contributed by atoms with Crippen molar-refractivity contribution in [2.75, 3.05) is 13.2 Å². The van der Waals surface area contributed by atoms with Crippen LogP contribution in [-0.4, -0.2) is 13.2 Å². The van der Waals surface area contributed by atoms with Crippen molar-refractivity contribution in [3.8, 4) is 11.5 Å². The summed E-state index contributed by atoms with van der Waals surface area (Å²) in [6.45, 7) is 3.09. The average Bonchev–Trinajstić information content (AvgIpc) is 2.53. The molecule has 0 bridgehead atoms. The number of ether oxygens (including phenoxy) is 2. The Labute approximate surface area is 99.2 Å². The lowest BCUT2D eigenvalue weighted by molar-refractivity contribution is 0.0662. The monoisotopic (exact) mass is 243 g/mol. The molecule has 0 spiro atoms. The van der Waals surface area contributed by atoms with Gasteiger partial charge in [-0.05, 0) is 24.6 Å². The van der Waals surface area contributed by atoms with Gasteiger partial charge in [0, 0.05) is 6.42 Å². The first kappa shape index (κ1) is 11.5. The third-order valence-electron chi connectivity index (χ3n) is 2.50. The molecule has 2 rings (SSSR count). The number of rotatable bonds is 2. The maximum Gasteiger partial charge on any atom is 0.179 e. The van der Waals surface area contributed by atoms with E-state index in [0.717, 1.165) is 12.0 Å². The van der Waals surface area contributed by atoms with Gasteiger partial charge >= 0.3 is 0 Å². The Morgan fingerprint density at radius 2 is 2.12 bits per heavy atom. The molecule has 0 saturated carbocycles. The molecule has 1 atom stereocenters. The molecule has 88 valence electrons. The van der Waals surface area contributed by atoms with Crippen LogP contribution >= 0.6 is 11.6 Å². The smallest absolute Gasteiger partial charge is 0.179 e. The molecule has 0 saturated heterocycles. The number of hydrogen-bond donors (Lipinski definition) is 1. The quantitative estimate of drug-likeness (QED) is 0.811. The van der Waals surface area contributed by atoms with E-state index in [1.54, 1.807) is 6.07 Å². The molecule has 16 heavy (non-hydrogen) atoms. The van der Waals surface area contributed by atoms with Crippen molar-refractivity contribution >= 4 is 11.6 Å². The lowest BCUT2D eigenvalue weighted by atomic mass is 10.1. The van der Waals surface area contributed by atoms with Crippen molar-refractivity contribution in [2.45, 2.75) is 19.4 Å². The second-order valence-corrected chi connectivity index (χ2v) is 4.07. The Hall–Kier alpha value is -0.970. The summed E-state index contributed by atoms with van der Waals surface area (Å²) in [6.07, 6.45) is 0.623. The predicted octanol–water partition coefficient (Wildman–Crippen LogP) is 2.45. The van der Waals surface area contributed by atoms with E-state index in [2.05, 4.69) is 0 Å². The molecule has 1 aromatic rings. The normalized spacial score (nSPS) is 16.7. The standard InChI is InChI=1S/C11H14ClNO3/c1-7(16-13)8-5-9(12)11-10(6-8)14-3-2-4-15-11/h5-7H,2-4,13H2,1H3. The predicted molar refractivity (Wildman–Crippen MR) is 60.7 cm³/mol. The number of halogens is 1. The molecular formula is C11H14ClNO3. The maximum atomic E-state index is 6.12. The zero-order valence-electron chi connectivity index (χ0n) is 9.03. The van der Waals surface area contributed by atoms with Crippen molar-refractivity contribution in [1.82, 2.24) is 0 Å². The lowest BCUT2D eigenvalue weighted by Crippen LogP contribution is -2.06. The Kier molecular flexibility index (Phi) is 3.53. The van der Waals surface area contributed by atoms with E-state index in [1.807, 2.05) is 13.0 Å². The zero-order chi connectivity index (χ0) is 11.5. The van der Waals surface area contributed by atoms with Crippen LogP contribution in [0.4, 0.5) is 0 Å². The van der Waals surface area contributed by atoms with E-state index >= 15 is 0 Å². The summed E-state index contributed by atoms with van der Waals surface area (Å²) in [6, 6.07) is 3.64. The third kappa shape index (κ3) is 2.24. The Morgan fingerprint density at radius 3 is 2.88 bits per heavy atom. The second-order valence-electron chi connectivity index (χ2n) is 3.66. The molecule has 0 aliphatic carbocycles. The van der Waals surface area contributed by atoms with Crippen LogP contribution < -0.4 is 15.4 Å². The van der Waals surface area contributed by atoms with Crippen molar-refractivity contribution < 1.29 is 14.3 Å². The fraction of sp³-hybridized carbons (Fsp3) is 0.455. The molecule has 0 radical (unpaired) electrons. The molecule has 2 N–H and O–H groups in total. The minimum Gasteiger partial charge on any atom is -0.489 e. The van der Waals surface area contributed by atoms with E-state index < -0.39 is 0 Å². The fourth-order valence-electron chi connectivity index (χ4n) is 1.56. The lowest BCUT2D eigenvalue weighted by Gasteiger charge is -2.14. The van der Waals surface area contributed by atoms with Crippen LogP contribution in [0.5, 0.6) is 11.5 Å². The number of hydrogen-bond acceptors (Lipinski definition) is 4. The molecule has 1 unspecified atom stereocenters. The topological polar surface area (TPSA) is 53.7 Å². The van der Waals surface area contributed by atoms with Crippen LogP contribution in [-0.2, 0) is 4.84 Å². The van der Waals surface area contributed by atoms with Gasteiger partial charge in [-0.2, -0.15) is 0 Å². The van der Waals surface area contributed by atoms with Crippen molar-refractivity contribution in [3.05, 3.63) is 22.7 Å². The molecule has 0 fully saturated rings. The van der Waals surface area contributed by atoms with Gasteiger partial charge in [-0.1, -0.05) is 11.6 Å². The van der Waals surface area contributed by atoms with Crippen molar-refractivity contribution in [3.63, 3.8) is 0 Å². The molecule has 1 aliphatic heterocycles. The molecule has 1 aliphatic rings. The second kappa shape index (κ2) is 4.91. The van der Waals surface area contributed by atoms with E-state index in [0.29, 0.717) is 29.7 Å². The van der Waals surface area contributed by atoms with Crippen LogP contribution in [0.1, 0.15) is 25.0 Å². The first-order valence-electron chi connectivity index (χ1n) is 5.17. The van der Waals surface area contributed by atoms with Gasteiger partial charge < -0.3 is 9.47 Å². The van der Waals surface area contributed by atoms with Gasteiger partial charge in [0.25, 0.3) is 0 Å². The van der Waals surface area contributed by atoms with E-state index in [1.165, 1.54) is 0 Å². The van der Waals surface area contributed by atoms with Gasteiger partial charge in [0.2, 0.25) is 0 Å². The van der Waals surface area contributed by atoms with Crippen molar-refractivity contribution in [2.24, 2.45) is 5.90 Å². The van der Waals surface area contributed by atoms with Crippen LogP contribution in [0.3, 0.4) is 0 Å². The third-order valence-corrected chi connectivity index (χ3v) is 2.78. The van der Waals surface area contributed by atoms with Gasteiger partial charge in [-0.15, -0.1) is 0 Å². The van der Waals surface area contributed by atoms with Gasteiger partial charge in [-0.25, -0.2) is 5.90 Å². The Bertz CT molecular complexity index is 384. The average molecular weight is 244 g/mol. The highest BCUT2D eigenvalue weighted by atomic mass is 35.5. The summed E-state index contributed by atoms with van der Waals surface area (Å²) in [5.74, 6) is 6.41. The number of benzene rings is 1.